The quantitative estimate of drug-likeness (QED) is 0.320. The molecule has 0 radical (unpaired) electrons. The molecule has 1 aliphatic rings. The first-order chi connectivity index (χ1) is 7.42. The summed E-state index contributed by atoms with van der Waals surface area (Å²) in [6.07, 6.45) is 3.81. The normalized spacial score (nSPS) is 29.8. The third kappa shape index (κ3) is 2.34. The second-order valence-electron chi connectivity index (χ2n) is 4.97. The molecule has 0 aromatic carbocycles. The third-order valence-corrected chi connectivity index (χ3v) is 3.23. The molecule has 3 nitrogen and oxygen atoms in total. The van der Waals surface area contributed by atoms with E-state index in [-0.39, 0.29) is 18.0 Å². The molecular formula is C13H20O3. The minimum Gasteiger partial charge on any atom is -0.462 e. The summed E-state index contributed by atoms with van der Waals surface area (Å²) in [5, 5.41) is 0. The highest BCUT2D eigenvalue weighted by Gasteiger charge is 2.46. The number of carbonyl (C=O) groups is 2. The summed E-state index contributed by atoms with van der Waals surface area (Å²) in [5.41, 5.74) is 0.270. The van der Waals surface area contributed by atoms with Crippen LogP contribution < -0.4 is 0 Å². The van der Waals surface area contributed by atoms with E-state index in [1.807, 2.05) is 19.9 Å². The Morgan fingerprint density at radius 1 is 1.62 bits per heavy atom. The molecule has 90 valence electrons. The summed E-state index contributed by atoms with van der Waals surface area (Å²) in [6, 6.07) is 0. The molecular weight excluding hydrogens is 204 g/mol. The van der Waals surface area contributed by atoms with Crippen molar-refractivity contribution in [1.82, 2.24) is 0 Å². The van der Waals surface area contributed by atoms with Crippen LogP contribution in [-0.2, 0) is 14.3 Å². The summed E-state index contributed by atoms with van der Waals surface area (Å²) in [5.74, 6) is -0.366. The van der Waals surface area contributed by atoms with Gasteiger partial charge in [-0.3, -0.25) is 4.79 Å². The van der Waals surface area contributed by atoms with Crippen LogP contribution in [0, 0.1) is 11.3 Å². The van der Waals surface area contributed by atoms with Crippen LogP contribution >= 0.6 is 0 Å². The van der Waals surface area contributed by atoms with Gasteiger partial charge in [-0.05, 0) is 39.5 Å². The highest BCUT2D eigenvalue weighted by atomic mass is 16.5. The van der Waals surface area contributed by atoms with Crippen molar-refractivity contribution in [2.75, 3.05) is 0 Å². The molecule has 1 aliphatic carbocycles. The number of esters is 1. The molecule has 0 aromatic rings. The number of rotatable bonds is 3. The second-order valence-corrected chi connectivity index (χ2v) is 4.97. The molecule has 0 aromatic heterocycles. The van der Waals surface area contributed by atoms with Gasteiger partial charge in [0.1, 0.15) is 11.7 Å². The predicted octanol–water partition coefficient (Wildman–Crippen LogP) is 2.50. The maximum atomic E-state index is 12.0. The Bertz CT molecular complexity index is 317. The van der Waals surface area contributed by atoms with Crippen LogP contribution in [0.2, 0.25) is 0 Å². The van der Waals surface area contributed by atoms with E-state index in [2.05, 4.69) is 0 Å². The number of carbonyl (C=O) groups excluding carboxylic acids is 2. The van der Waals surface area contributed by atoms with Gasteiger partial charge in [-0.2, -0.15) is 0 Å². The standard InChI is InChI=1S/C13H20O3/c1-9(2)16-12(15)13(8-14)6-5-10(3)7-11(13)4/h5,8-9,11H,6-7H2,1-4H3/t11-,13-/m0/s1. The van der Waals surface area contributed by atoms with E-state index in [1.54, 1.807) is 13.8 Å². The molecule has 0 saturated carbocycles. The number of aldehydes is 1. The largest absolute Gasteiger partial charge is 0.462 e. The summed E-state index contributed by atoms with van der Waals surface area (Å²) in [4.78, 5) is 23.3. The Labute approximate surface area is 96.9 Å². The highest BCUT2D eigenvalue weighted by Crippen LogP contribution is 2.40. The molecule has 0 bridgehead atoms. The Kier molecular flexibility index (Phi) is 3.89. The number of allylic oxidation sites excluding steroid dienone is 2. The Hall–Kier alpha value is -1.12. The average Bonchev–Trinajstić information content (AvgIpc) is 2.17. The zero-order valence-electron chi connectivity index (χ0n) is 10.4. The van der Waals surface area contributed by atoms with Crippen molar-refractivity contribution in [3.05, 3.63) is 11.6 Å². The van der Waals surface area contributed by atoms with Gasteiger partial charge in [0, 0.05) is 0 Å². The Balaban J connectivity index is 2.94. The first-order valence-corrected chi connectivity index (χ1v) is 5.75. The molecule has 0 unspecified atom stereocenters. The first-order valence-electron chi connectivity index (χ1n) is 5.75. The van der Waals surface area contributed by atoms with Crippen molar-refractivity contribution in [1.29, 1.82) is 0 Å². The lowest BCUT2D eigenvalue weighted by Gasteiger charge is -2.35. The van der Waals surface area contributed by atoms with E-state index in [0.717, 1.165) is 12.7 Å². The van der Waals surface area contributed by atoms with Gasteiger partial charge in [0.05, 0.1) is 6.10 Å². The van der Waals surface area contributed by atoms with E-state index < -0.39 is 5.41 Å². The molecule has 0 heterocycles. The summed E-state index contributed by atoms with van der Waals surface area (Å²) >= 11 is 0. The van der Waals surface area contributed by atoms with Crippen LogP contribution in [0.1, 0.15) is 40.5 Å². The molecule has 0 fully saturated rings. The molecule has 0 aliphatic heterocycles. The summed E-state index contributed by atoms with van der Waals surface area (Å²) < 4.78 is 5.19. The van der Waals surface area contributed by atoms with E-state index in [0.29, 0.717) is 6.42 Å². The van der Waals surface area contributed by atoms with Crippen molar-refractivity contribution in [2.45, 2.75) is 46.6 Å². The second kappa shape index (κ2) is 4.81. The SMILES string of the molecule is CC1=CC[C@@](C=O)(C(=O)OC(C)C)[C@@H](C)C1. The molecule has 0 N–H and O–H groups in total. The first kappa shape index (κ1) is 12.9. The maximum absolute atomic E-state index is 12.0. The van der Waals surface area contributed by atoms with Gasteiger partial charge in [0.25, 0.3) is 0 Å². The fourth-order valence-corrected chi connectivity index (χ4v) is 2.11. The van der Waals surface area contributed by atoms with Gasteiger partial charge in [0.15, 0.2) is 0 Å². The van der Waals surface area contributed by atoms with Crippen LogP contribution in [0.4, 0.5) is 0 Å². The molecule has 0 amide bonds. The lowest BCUT2D eigenvalue weighted by molar-refractivity contribution is -0.164. The van der Waals surface area contributed by atoms with Crippen LogP contribution in [0.25, 0.3) is 0 Å². The number of ether oxygens (including phenoxy) is 1. The molecule has 2 atom stereocenters. The topological polar surface area (TPSA) is 43.4 Å². The molecule has 0 saturated heterocycles. The molecule has 16 heavy (non-hydrogen) atoms. The highest BCUT2D eigenvalue weighted by molar-refractivity contribution is 5.94. The number of hydrogen-bond acceptors (Lipinski definition) is 3. The van der Waals surface area contributed by atoms with Crippen LogP contribution in [-0.4, -0.2) is 18.4 Å². The lowest BCUT2D eigenvalue weighted by atomic mass is 9.69. The van der Waals surface area contributed by atoms with E-state index >= 15 is 0 Å². The van der Waals surface area contributed by atoms with Gasteiger partial charge in [-0.1, -0.05) is 18.6 Å². The Morgan fingerprint density at radius 2 is 2.25 bits per heavy atom. The summed E-state index contributed by atoms with van der Waals surface area (Å²) in [7, 11) is 0. The van der Waals surface area contributed by atoms with Gasteiger partial charge in [0.2, 0.25) is 0 Å². The van der Waals surface area contributed by atoms with Crippen LogP contribution in [0.5, 0.6) is 0 Å². The average molecular weight is 224 g/mol. The minimum atomic E-state index is -0.968. The van der Waals surface area contributed by atoms with Gasteiger partial charge >= 0.3 is 5.97 Å². The van der Waals surface area contributed by atoms with Crippen LogP contribution in [0.15, 0.2) is 11.6 Å². The predicted molar refractivity (Wildman–Crippen MR) is 61.9 cm³/mol. The third-order valence-electron chi connectivity index (χ3n) is 3.23. The van der Waals surface area contributed by atoms with E-state index in [4.69, 9.17) is 4.74 Å². The fraction of sp³-hybridized carbons (Fsp3) is 0.692. The Morgan fingerprint density at radius 3 is 2.69 bits per heavy atom. The summed E-state index contributed by atoms with van der Waals surface area (Å²) in [6.45, 7) is 7.56. The molecule has 3 heteroatoms. The molecule has 0 spiro atoms. The van der Waals surface area contributed by atoms with E-state index in [1.165, 1.54) is 5.57 Å². The van der Waals surface area contributed by atoms with Crippen molar-refractivity contribution in [2.24, 2.45) is 11.3 Å². The van der Waals surface area contributed by atoms with Gasteiger partial charge < -0.3 is 9.53 Å². The van der Waals surface area contributed by atoms with Crippen molar-refractivity contribution >= 4 is 12.3 Å². The monoisotopic (exact) mass is 224 g/mol. The zero-order chi connectivity index (χ0) is 12.3. The van der Waals surface area contributed by atoms with Crippen LogP contribution in [0.3, 0.4) is 0 Å². The molecule has 1 rings (SSSR count). The maximum Gasteiger partial charge on any atom is 0.320 e. The van der Waals surface area contributed by atoms with Gasteiger partial charge in [-0.25, -0.2) is 0 Å². The van der Waals surface area contributed by atoms with E-state index in [9.17, 15) is 9.59 Å². The smallest absolute Gasteiger partial charge is 0.320 e. The fourth-order valence-electron chi connectivity index (χ4n) is 2.11. The van der Waals surface area contributed by atoms with Gasteiger partial charge in [-0.15, -0.1) is 0 Å². The minimum absolute atomic E-state index is 0.0150. The van der Waals surface area contributed by atoms with Crippen molar-refractivity contribution in [3.8, 4) is 0 Å². The lowest BCUT2D eigenvalue weighted by Crippen LogP contribution is -2.42. The van der Waals surface area contributed by atoms with Crippen molar-refractivity contribution < 1.29 is 14.3 Å². The zero-order valence-corrected chi connectivity index (χ0v) is 10.4. The van der Waals surface area contributed by atoms with Crippen molar-refractivity contribution in [3.63, 3.8) is 0 Å². The number of hydrogen-bond donors (Lipinski definition) is 0.